The smallest absolute Gasteiger partial charge is 0.241 e. The lowest BCUT2D eigenvalue weighted by Gasteiger charge is -2.13. The summed E-state index contributed by atoms with van der Waals surface area (Å²) in [6.45, 7) is 0. The third kappa shape index (κ3) is 4.15. The Morgan fingerprint density at radius 2 is 2.00 bits per heavy atom. The van der Waals surface area contributed by atoms with Crippen LogP contribution in [0.4, 0.5) is 5.69 Å². The highest BCUT2D eigenvalue weighted by atomic mass is 79.9. The standard InChI is InChI=1S/C16H14BrN3O/c17-13-8-12(10-18)6-7-15(13)20-16(21)14(19)9-11-4-2-1-3-5-11/h1-8,14H,9,19H2,(H,20,21)/t14-/m0/s1. The highest BCUT2D eigenvalue weighted by Gasteiger charge is 2.15. The van der Waals surface area contributed by atoms with E-state index in [1.807, 2.05) is 36.4 Å². The van der Waals surface area contributed by atoms with Crippen molar-refractivity contribution in [3.05, 3.63) is 64.1 Å². The molecule has 0 radical (unpaired) electrons. The summed E-state index contributed by atoms with van der Waals surface area (Å²) in [5.41, 5.74) is 8.06. The summed E-state index contributed by atoms with van der Waals surface area (Å²) in [7, 11) is 0. The second-order valence-corrected chi connectivity index (χ2v) is 5.45. The molecule has 3 N–H and O–H groups in total. The Hall–Kier alpha value is -2.16. The van der Waals surface area contributed by atoms with Crippen molar-refractivity contribution in [1.29, 1.82) is 5.26 Å². The molecule has 0 aliphatic heterocycles. The van der Waals surface area contributed by atoms with Crippen molar-refractivity contribution in [1.82, 2.24) is 0 Å². The van der Waals surface area contributed by atoms with Crippen LogP contribution in [-0.2, 0) is 11.2 Å². The van der Waals surface area contributed by atoms with Gasteiger partial charge in [0.1, 0.15) is 0 Å². The first-order chi connectivity index (χ1) is 10.1. The first-order valence-corrected chi connectivity index (χ1v) is 7.19. The van der Waals surface area contributed by atoms with Crippen LogP contribution in [0.1, 0.15) is 11.1 Å². The zero-order valence-corrected chi connectivity index (χ0v) is 12.8. The van der Waals surface area contributed by atoms with E-state index < -0.39 is 6.04 Å². The minimum atomic E-state index is -0.630. The van der Waals surface area contributed by atoms with Crippen molar-refractivity contribution in [2.75, 3.05) is 5.32 Å². The number of nitriles is 1. The predicted octanol–water partition coefficient (Wildman–Crippen LogP) is 2.83. The molecular weight excluding hydrogens is 330 g/mol. The van der Waals surface area contributed by atoms with E-state index in [0.717, 1.165) is 5.56 Å². The quantitative estimate of drug-likeness (QED) is 0.895. The number of carbonyl (C=O) groups excluding carboxylic acids is 1. The van der Waals surface area contributed by atoms with E-state index in [4.69, 9.17) is 11.0 Å². The van der Waals surface area contributed by atoms with Gasteiger partial charge in [0.2, 0.25) is 5.91 Å². The Morgan fingerprint density at radius 1 is 1.29 bits per heavy atom. The molecule has 2 aromatic carbocycles. The van der Waals surface area contributed by atoms with Gasteiger partial charge in [0.15, 0.2) is 0 Å². The maximum Gasteiger partial charge on any atom is 0.241 e. The summed E-state index contributed by atoms with van der Waals surface area (Å²) in [5.74, 6) is -0.260. The van der Waals surface area contributed by atoms with Gasteiger partial charge in [0.25, 0.3) is 0 Å². The Kier molecular flexibility index (Phi) is 5.09. The van der Waals surface area contributed by atoms with Gasteiger partial charge in [0, 0.05) is 4.47 Å². The zero-order valence-electron chi connectivity index (χ0n) is 11.2. The van der Waals surface area contributed by atoms with Gasteiger partial charge in [-0.3, -0.25) is 4.79 Å². The van der Waals surface area contributed by atoms with Gasteiger partial charge in [-0.2, -0.15) is 5.26 Å². The fourth-order valence-electron chi connectivity index (χ4n) is 1.87. The average Bonchev–Trinajstić information content (AvgIpc) is 2.50. The minimum absolute atomic E-state index is 0.260. The molecule has 0 unspecified atom stereocenters. The molecule has 0 saturated heterocycles. The van der Waals surface area contributed by atoms with Crippen LogP contribution in [0, 0.1) is 11.3 Å². The number of amides is 1. The SMILES string of the molecule is N#Cc1ccc(NC(=O)[C@@H](N)Cc2ccccc2)c(Br)c1. The molecule has 0 aliphatic carbocycles. The maximum atomic E-state index is 12.1. The second-order valence-electron chi connectivity index (χ2n) is 4.59. The van der Waals surface area contributed by atoms with Crippen LogP contribution < -0.4 is 11.1 Å². The molecule has 0 heterocycles. The molecule has 2 aromatic rings. The minimum Gasteiger partial charge on any atom is -0.324 e. The fourth-order valence-corrected chi connectivity index (χ4v) is 2.35. The van der Waals surface area contributed by atoms with E-state index >= 15 is 0 Å². The topological polar surface area (TPSA) is 78.9 Å². The lowest BCUT2D eigenvalue weighted by atomic mass is 10.1. The lowest BCUT2D eigenvalue weighted by Crippen LogP contribution is -2.37. The molecule has 5 heteroatoms. The molecule has 2 rings (SSSR count). The van der Waals surface area contributed by atoms with E-state index in [1.165, 1.54) is 0 Å². The Balaban J connectivity index is 2.03. The number of hydrogen-bond donors (Lipinski definition) is 2. The molecule has 0 aromatic heterocycles. The summed E-state index contributed by atoms with van der Waals surface area (Å²) in [6, 6.07) is 16.0. The molecule has 106 valence electrons. The number of nitrogens with two attached hydrogens (primary N) is 1. The zero-order chi connectivity index (χ0) is 15.2. The van der Waals surface area contributed by atoms with Crippen LogP contribution in [0.5, 0.6) is 0 Å². The number of halogens is 1. The first-order valence-electron chi connectivity index (χ1n) is 6.40. The Bertz CT molecular complexity index is 680. The Morgan fingerprint density at radius 3 is 2.62 bits per heavy atom. The summed E-state index contributed by atoms with van der Waals surface area (Å²) in [6.07, 6.45) is 0.473. The van der Waals surface area contributed by atoms with E-state index in [9.17, 15) is 4.79 Å². The van der Waals surface area contributed by atoms with Crippen LogP contribution in [0.15, 0.2) is 53.0 Å². The molecule has 4 nitrogen and oxygen atoms in total. The number of carbonyl (C=O) groups is 1. The molecule has 1 amide bonds. The first kappa shape index (κ1) is 15.2. The van der Waals surface area contributed by atoms with E-state index in [1.54, 1.807) is 18.2 Å². The highest BCUT2D eigenvalue weighted by Crippen LogP contribution is 2.23. The van der Waals surface area contributed by atoms with Crippen molar-refractivity contribution < 1.29 is 4.79 Å². The van der Waals surface area contributed by atoms with E-state index in [0.29, 0.717) is 22.1 Å². The van der Waals surface area contributed by atoms with Gasteiger partial charge in [-0.1, -0.05) is 30.3 Å². The summed E-state index contributed by atoms with van der Waals surface area (Å²) >= 11 is 3.33. The summed E-state index contributed by atoms with van der Waals surface area (Å²) in [4.78, 5) is 12.1. The van der Waals surface area contributed by atoms with Crippen molar-refractivity contribution >= 4 is 27.5 Å². The number of anilines is 1. The average molecular weight is 344 g/mol. The molecule has 0 bridgehead atoms. The fraction of sp³-hybridized carbons (Fsp3) is 0.125. The molecular formula is C16H14BrN3O. The number of benzene rings is 2. The largest absolute Gasteiger partial charge is 0.324 e. The monoisotopic (exact) mass is 343 g/mol. The van der Waals surface area contributed by atoms with Gasteiger partial charge in [0.05, 0.1) is 23.4 Å². The third-order valence-electron chi connectivity index (χ3n) is 2.99. The van der Waals surface area contributed by atoms with Crippen LogP contribution in [0.2, 0.25) is 0 Å². The second kappa shape index (κ2) is 7.02. The van der Waals surface area contributed by atoms with E-state index in [2.05, 4.69) is 21.2 Å². The van der Waals surface area contributed by atoms with Gasteiger partial charge in [-0.05, 0) is 46.1 Å². The molecule has 21 heavy (non-hydrogen) atoms. The van der Waals surface area contributed by atoms with Crippen molar-refractivity contribution in [3.8, 4) is 6.07 Å². The summed E-state index contributed by atoms with van der Waals surface area (Å²) < 4.78 is 0.654. The summed E-state index contributed by atoms with van der Waals surface area (Å²) in [5, 5.41) is 11.6. The molecule has 1 atom stereocenters. The van der Waals surface area contributed by atoms with Crippen LogP contribution in [0.3, 0.4) is 0 Å². The molecule has 0 saturated carbocycles. The predicted molar refractivity (Wildman–Crippen MR) is 85.6 cm³/mol. The van der Waals surface area contributed by atoms with Gasteiger partial charge in [-0.15, -0.1) is 0 Å². The van der Waals surface area contributed by atoms with Gasteiger partial charge >= 0.3 is 0 Å². The van der Waals surface area contributed by atoms with Crippen molar-refractivity contribution in [2.45, 2.75) is 12.5 Å². The highest BCUT2D eigenvalue weighted by molar-refractivity contribution is 9.10. The third-order valence-corrected chi connectivity index (χ3v) is 3.65. The van der Waals surface area contributed by atoms with Crippen LogP contribution >= 0.6 is 15.9 Å². The maximum absolute atomic E-state index is 12.1. The van der Waals surface area contributed by atoms with Crippen molar-refractivity contribution in [2.24, 2.45) is 5.73 Å². The number of nitrogens with one attached hydrogen (secondary N) is 1. The molecule has 0 spiro atoms. The molecule has 0 fully saturated rings. The normalized spacial score (nSPS) is 11.5. The van der Waals surface area contributed by atoms with Gasteiger partial charge < -0.3 is 11.1 Å². The Labute approximate surface area is 131 Å². The number of nitrogens with zero attached hydrogens (tertiary/aromatic N) is 1. The number of hydrogen-bond acceptors (Lipinski definition) is 3. The van der Waals surface area contributed by atoms with Crippen LogP contribution in [-0.4, -0.2) is 11.9 Å². The van der Waals surface area contributed by atoms with E-state index in [-0.39, 0.29) is 5.91 Å². The van der Waals surface area contributed by atoms with Crippen LogP contribution in [0.25, 0.3) is 0 Å². The number of rotatable bonds is 4. The lowest BCUT2D eigenvalue weighted by molar-refractivity contribution is -0.117. The van der Waals surface area contributed by atoms with Crippen molar-refractivity contribution in [3.63, 3.8) is 0 Å². The van der Waals surface area contributed by atoms with Gasteiger partial charge in [-0.25, -0.2) is 0 Å². The molecule has 0 aliphatic rings.